The molecule has 2 atom stereocenters. The number of amides is 2. The topological polar surface area (TPSA) is 49.4 Å². The van der Waals surface area contributed by atoms with E-state index in [0.717, 1.165) is 12.0 Å². The molecule has 1 aromatic carbocycles. The Kier molecular flexibility index (Phi) is 4.88. The van der Waals surface area contributed by atoms with Crippen molar-refractivity contribution >= 4 is 29.1 Å². The predicted molar refractivity (Wildman–Crippen MR) is 84.5 cm³/mol. The van der Waals surface area contributed by atoms with E-state index in [1.165, 1.54) is 0 Å². The van der Waals surface area contributed by atoms with Gasteiger partial charge in [-0.2, -0.15) is 0 Å². The molecule has 0 aromatic heterocycles. The number of halogens is 1. The van der Waals surface area contributed by atoms with Crippen LogP contribution in [0.15, 0.2) is 18.2 Å². The summed E-state index contributed by atoms with van der Waals surface area (Å²) in [5.41, 5.74) is 1.72. The van der Waals surface area contributed by atoms with Crippen molar-refractivity contribution in [3.8, 4) is 0 Å². The first-order chi connectivity index (χ1) is 9.93. The lowest BCUT2D eigenvalue weighted by Crippen LogP contribution is -2.48. The fourth-order valence-corrected chi connectivity index (χ4v) is 2.71. The molecule has 0 saturated carbocycles. The second-order valence-corrected chi connectivity index (χ2v) is 6.03. The summed E-state index contributed by atoms with van der Waals surface area (Å²) in [6, 6.07) is 5.10. The van der Waals surface area contributed by atoms with Crippen LogP contribution in [0.4, 0.5) is 5.69 Å². The molecule has 1 saturated heterocycles. The van der Waals surface area contributed by atoms with Gasteiger partial charge < -0.3 is 10.2 Å². The Morgan fingerprint density at radius 2 is 2.14 bits per heavy atom. The van der Waals surface area contributed by atoms with E-state index >= 15 is 0 Å². The molecule has 0 spiro atoms. The first-order valence-corrected chi connectivity index (χ1v) is 7.68. The molecule has 0 aliphatic carbocycles. The normalized spacial score (nSPS) is 21.0. The number of hydrogen-bond acceptors (Lipinski definition) is 2. The fraction of sp³-hybridized carbons (Fsp3) is 0.500. The van der Waals surface area contributed by atoms with Gasteiger partial charge in [0.1, 0.15) is 6.04 Å². The van der Waals surface area contributed by atoms with Crippen LogP contribution in [-0.4, -0.2) is 24.4 Å². The second kappa shape index (κ2) is 6.48. The first-order valence-electron chi connectivity index (χ1n) is 7.31. The molecule has 2 amide bonds. The number of nitrogens with one attached hydrogen (secondary N) is 1. The van der Waals surface area contributed by atoms with Crippen LogP contribution in [0.1, 0.15) is 32.3 Å². The van der Waals surface area contributed by atoms with Crippen molar-refractivity contribution in [2.75, 3.05) is 11.4 Å². The van der Waals surface area contributed by atoms with E-state index in [-0.39, 0.29) is 17.7 Å². The van der Waals surface area contributed by atoms with E-state index in [0.29, 0.717) is 23.7 Å². The van der Waals surface area contributed by atoms with Crippen LogP contribution in [0.2, 0.25) is 5.02 Å². The van der Waals surface area contributed by atoms with Crippen LogP contribution < -0.4 is 10.2 Å². The quantitative estimate of drug-likeness (QED) is 0.933. The molecule has 1 aliphatic heterocycles. The minimum Gasteiger partial charge on any atom is -0.344 e. The summed E-state index contributed by atoms with van der Waals surface area (Å²) in [6.07, 6.45) is 1.12. The number of anilines is 1. The van der Waals surface area contributed by atoms with Gasteiger partial charge in [-0.1, -0.05) is 37.9 Å². The minimum absolute atomic E-state index is 0.0808. The summed E-state index contributed by atoms with van der Waals surface area (Å²) in [5, 5.41) is 3.37. The molecule has 2 rings (SSSR count). The summed E-state index contributed by atoms with van der Waals surface area (Å²) in [7, 11) is 0. The van der Waals surface area contributed by atoms with E-state index in [1.807, 2.05) is 32.9 Å². The summed E-state index contributed by atoms with van der Waals surface area (Å²) in [6.45, 7) is 6.31. The van der Waals surface area contributed by atoms with Crippen LogP contribution in [-0.2, 0) is 9.59 Å². The van der Waals surface area contributed by atoms with Gasteiger partial charge in [0.25, 0.3) is 0 Å². The maximum absolute atomic E-state index is 12.8. The summed E-state index contributed by atoms with van der Waals surface area (Å²) in [5.74, 6) is -0.0757. The van der Waals surface area contributed by atoms with Gasteiger partial charge in [0.15, 0.2) is 0 Å². The Hall–Kier alpha value is -1.55. The molecule has 4 nitrogen and oxygen atoms in total. The molecule has 1 N–H and O–H groups in total. The van der Waals surface area contributed by atoms with Crippen LogP contribution >= 0.6 is 11.6 Å². The lowest BCUT2D eigenvalue weighted by Gasteiger charge is -2.28. The Labute approximate surface area is 130 Å². The van der Waals surface area contributed by atoms with E-state index in [2.05, 4.69) is 5.32 Å². The van der Waals surface area contributed by atoms with Gasteiger partial charge >= 0.3 is 0 Å². The molecule has 2 unspecified atom stereocenters. The number of aryl methyl sites for hydroxylation is 1. The highest BCUT2D eigenvalue weighted by Gasteiger charge is 2.34. The molecule has 1 aromatic rings. The van der Waals surface area contributed by atoms with Crippen molar-refractivity contribution in [1.29, 1.82) is 0 Å². The van der Waals surface area contributed by atoms with Crippen LogP contribution in [0, 0.1) is 12.8 Å². The van der Waals surface area contributed by atoms with Gasteiger partial charge in [-0.15, -0.1) is 0 Å². The maximum atomic E-state index is 12.8. The molecule has 5 heteroatoms. The Bertz CT molecular complexity index is 559. The molecule has 0 bridgehead atoms. The zero-order valence-corrected chi connectivity index (χ0v) is 13.4. The third-order valence-electron chi connectivity index (χ3n) is 4.02. The van der Waals surface area contributed by atoms with Gasteiger partial charge in [0.05, 0.1) is 10.7 Å². The van der Waals surface area contributed by atoms with Gasteiger partial charge in [-0.05, 0) is 30.5 Å². The summed E-state index contributed by atoms with van der Waals surface area (Å²) < 4.78 is 0. The largest absolute Gasteiger partial charge is 0.344 e. The van der Waals surface area contributed by atoms with Crippen LogP contribution in [0.5, 0.6) is 0 Å². The van der Waals surface area contributed by atoms with Crippen molar-refractivity contribution in [3.05, 3.63) is 28.8 Å². The zero-order chi connectivity index (χ0) is 15.6. The average molecular weight is 309 g/mol. The molecular weight excluding hydrogens is 288 g/mol. The smallest absolute Gasteiger partial charge is 0.249 e. The van der Waals surface area contributed by atoms with E-state index in [4.69, 9.17) is 11.6 Å². The average Bonchev–Trinajstić information content (AvgIpc) is 2.60. The second-order valence-electron chi connectivity index (χ2n) is 5.63. The van der Waals surface area contributed by atoms with Crippen molar-refractivity contribution in [3.63, 3.8) is 0 Å². The fourth-order valence-electron chi connectivity index (χ4n) is 2.49. The van der Waals surface area contributed by atoms with Gasteiger partial charge in [0, 0.05) is 13.0 Å². The van der Waals surface area contributed by atoms with Gasteiger partial charge in [-0.3, -0.25) is 9.59 Å². The zero-order valence-electron chi connectivity index (χ0n) is 12.6. The van der Waals surface area contributed by atoms with Crippen molar-refractivity contribution in [2.45, 2.75) is 39.7 Å². The standard InChI is InChI=1S/C16H21ClN2O2/c1-4-11(3)15-16(21)19(8-7-14(20)18-15)13-9-10(2)5-6-12(13)17/h5-6,9,11,15H,4,7-8H2,1-3H3,(H,18,20). The van der Waals surface area contributed by atoms with Crippen molar-refractivity contribution < 1.29 is 9.59 Å². The monoisotopic (exact) mass is 308 g/mol. The number of benzene rings is 1. The van der Waals surface area contributed by atoms with Gasteiger partial charge in [-0.25, -0.2) is 0 Å². The Morgan fingerprint density at radius 3 is 2.81 bits per heavy atom. The van der Waals surface area contributed by atoms with Crippen molar-refractivity contribution in [2.24, 2.45) is 5.92 Å². The summed E-state index contributed by atoms with van der Waals surface area (Å²) >= 11 is 6.25. The van der Waals surface area contributed by atoms with E-state index in [9.17, 15) is 9.59 Å². The van der Waals surface area contributed by atoms with Crippen LogP contribution in [0.3, 0.4) is 0 Å². The lowest BCUT2D eigenvalue weighted by atomic mass is 9.98. The molecule has 1 heterocycles. The Morgan fingerprint density at radius 1 is 1.43 bits per heavy atom. The highest BCUT2D eigenvalue weighted by atomic mass is 35.5. The first kappa shape index (κ1) is 15.8. The highest BCUT2D eigenvalue weighted by molar-refractivity contribution is 6.34. The summed E-state index contributed by atoms with van der Waals surface area (Å²) in [4.78, 5) is 26.3. The maximum Gasteiger partial charge on any atom is 0.249 e. The third-order valence-corrected chi connectivity index (χ3v) is 4.34. The molecule has 0 radical (unpaired) electrons. The number of carbonyl (C=O) groups is 2. The van der Waals surface area contributed by atoms with Crippen LogP contribution in [0.25, 0.3) is 0 Å². The molecule has 114 valence electrons. The molecule has 1 fully saturated rings. The minimum atomic E-state index is -0.485. The molecular formula is C16H21ClN2O2. The predicted octanol–water partition coefficient (Wildman–Crippen LogP) is 2.92. The molecule has 1 aliphatic rings. The van der Waals surface area contributed by atoms with E-state index in [1.54, 1.807) is 11.0 Å². The highest BCUT2D eigenvalue weighted by Crippen LogP contribution is 2.29. The number of carbonyl (C=O) groups excluding carboxylic acids is 2. The van der Waals surface area contributed by atoms with Crippen molar-refractivity contribution in [1.82, 2.24) is 5.32 Å². The number of hydrogen-bond donors (Lipinski definition) is 1. The third kappa shape index (κ3) is 3.38. The Balaban J connectivity index is 2.39. The van der Waals surface area contributed by atoms with E-state index < -0.39 is 6.04 Å². The number of rotatable bonds is 3. The SMILES string of the molecule is CCC(C)C1NC(=O)CCN(c2cc(C)ccc2Cl)C1=O. The lowest BCUT2D eigenvalue weighted by molar-refractivity contribution is -0.126. The number of nitrogens with zero attached hydrogens (tertiary/aromatic N) is 1. The van der Waals surface area contributed by atoms with Gasteiger partial charge in [0.2, 0.25) is 11.8 Å². The molecule has 21 heavy (non-hydrogen) atoms.